The fourth-order valence-corrected chi connectivity index (χ4v) is 10.4. The zero-order valence-corrected chi connectivity index (χ0v) is 28.9. The normalized spacial score (nSPS) is 24.6. The van der Waals surface area contributed by atoms with Crippen LogP contribution in [0.4, 0.5) is 5.82 Å². The number of hydrogen-bond donors (Lipinski definition) is 2. The molecular formula is C36H20N4O12S2. The predicted octanol–water partition coefficient (Wildman–Crippen LogP) is 4.09. The Labute approximate surface area is 309 Å². The van der Waals surface area contributed by atoms with Gasteiger partial charge in [0.25, 0.3) is 5.56 Å². The zero-order valence-electron chi connectivity index (χ0n) is 27.2. The number of aliphatic imine (C=N–C) groups is 2. The van der Waals surface area contributed by atoms with Crippen molar-refractivity contribution in [2.24, 2.45) is 15.9 Å². The predicted molar refractivity (Wildman–Crippen MR) is 187 cm³/mol. The second kappa shape index (κ2) is 11.2. The second-order valence-electron chi connectivity index (χ2n) is 13.8. The van der Waals surface area contributed by atoms with Crippen molar-refractivity contribution in [3.8, 4) is 11.1 Å². The van der Waals surface area contributed by atoms with Crippen LogP contribution in [0.2, 0.25) is 0 Å². The third-order valence-electron chi connectivity index (χ3n) is 11.4. The number of aromatic nitrogens is 1. The first kappa shape index (κ1) is 32.3. The van der Waals surface area contributed by atoms with Crippen molar-refractivity contribution >= 4 is 76.1 Å². The van der Waals surface area contributed by atoms with E-state index in [1.165, 1.54) is 9.47 Å². The number of amides is 1. The monoisotopic (exact) mass is 764 g/mol. The lowest BCUT2D eigenvalue weighted by atomic mass is 9.62. The average molecular weight is 765 g/mol. The van der Waals surface area contributed by atoms with Crippen LogP contribution in [0.1, 0.15) is 72.2 Å². The van der Waals surface area contributed by atoms with E-state index in [2.05, 4.69) is 18.7 Å². The number of rotatable bonds is 6. The van der Waals surface area contributed by atoms with Gasteiger partial charge in [-0.1, -0.05) is 16.2 Å². The Kier molecular flexibility index (Phi) is 6.68. The molecule has 54 heavy (non-hydrogen) atoms. The first-order chi connectivity index (χ1) is 26.2. The van der Waals surface area contributed by atoms with E-state index in [1.54, 1.807) is 30.4 Å². The lowest BCUT2D eigenvalue weighted by molar-refractivity contribution is -0.431. The highest BCUT2D eigenvalue weighted by molar-refractivity contribution is 7.98. The maximum Gasteiger partial charge on any atom is 0.264 e. The highest BCUT2D eigenvalue weighted by Crippen LogP contribution is 2.56. The molecule has 2 N–H and O–H groups in total. The molecule has 2 aromatic rings. The number of hydrogen-bond acceptors (Lipinski definition) is 16. The molecule has 0 spiro atoms. The van der Waals surface area contributed by atoms with Crippen LogP contribution in [0, 0.1) is 5.92 Å². The summed E-state index contributed by atoms with van der Waals surface area (Å²) in [5, 5.41) is 24.7. The van der Waals surface area contributed by atoms with Gasteiger partial charge in [0.2, 0.25) is 5.91 Å². The van der Waals surface area contributed by atoms with E-state index in [-0.39, 0.29) is 59.6 Å². The van der Waals surface area contributed by atoms with Crippen LogP contribution in [0.15, 0.2) is 66.2 Å². The van der Waals surface area contributed by atoms with Crippen LogP contribution in [0.5, 0.6) is 0 Å². The van der Waals surface area contributed by atoms with E-state index >= 15 is 0 Å². The molecule has 11 rings (SSSR count). The number of carbonyl (C=O) groups is 5. The molecule has 1 aromatic heterocycles. The Morgan fingerprint density at radius 1 is 0.722 bits per heavy atom. The molecule has 18 heteroatoms. The summed E-state index contributed by atoms with van der Waals surface area (Å²) < 4.78 is 10.5. The molecule has 3 unspecified atom stereocenters. The van der Waals surface area contributed by atoms with Crippen molar-refractivity contribution in [2.75, 3.05) is 0 Å². The summed E-state index contributed by atoms with van der Waals surface area (Å²) >= 11 is 1.46. The number of benzene rings is 1. The van der Waals surface area contributed by atoms with Crippen molar-refractivity contribution in [1.82, 2.24) is 9.47 Å². The van der Waals surface area contributed by atoms with Crippen LogP contribution < -0.4 is 5.56 Å². The average Bonchev–Trinajstić information content (AvgIpc) is 3.74. The Hall–Kier alpha value is -5.18. The number of fused-ring (bicyclic) bond motifs is 10. The minimum Gasteiger partial charge on any atom is -0.298 e. The molecule has 4 heterocycles. The molecular weight excluding hydrogens is 745 g/mol. The lowest BCUT2D eigenvalue weighted by Gasteiger charge is -2.43. The topological polar surface area (TPSA) is 213 Å². The molecule has 0 radical (unpaired) electrons. The van der Waals surface area contributed by atoms with E-state index in [9.17, 15) is 28.8 Å². The minimum absolute atomic E-state index is 0.0945. The van der Waals surface area contributed by atoms with Gasteiger partial charge in [-0.2, -0.15) is 0 Å². The fourth-order valence-electron chi connectivity index (χ4n) is 9.50. The van der Waals surface area contributed by atoms with Gasteiger partial charge >= 0.3 is 0 Å². The van der Waals surface area contributed by atoms with Crippen LogP contribution >= 0.6 is 24.1 Å². The summed E-state index contributed by atoms with van der Waals surface area (Å²) in [6.07, 6.45) is 7.79. The van der Waals surface area contributed by atoms with E-state index < -0.39 is 52.6 Å². The highest BCUT2D eigenvalue weighted by Gasteiger charge is 2.56. The second-order valence-corrected chi connectivity index (χ2v) is 15.4. The third kappa shape index (κ3) is 4.00. The van der Waals surface area contributed by atoms with E-state index in [0.29, 0.717) is 78.6 Å². The summed E-state index contributed by atoms with van der Waals surface area (Å²) in [6, 6.07) is -1.41. The van der Waals surface area contributed by atoms with Gasteiger partial charge in [-0.25, -0.2) is 20.5 Å². The molecule has 0 saturated carbocycles. The number of Topliss-reactive ketones (excluding diaryl/α,β-unsaturated/α-hetero) is 4. The number of allylic oxidation sites excluding steroid dienone is 5. The zero-order chi connectivity index (χ0) is 36.9. The summed E-state index contributed by atoms with van der Waals surface area (Å²) in [5.74, 6) is -3.06. The minimum atomic E-state index is -1.27. The molecule has 0 fully saturated rings. The fraction of sp³-hybridized carbons (Fsp3) is 0.222. The molecule has 3 aliphatic heterocycles. The van der Waals surface area contributed by atoms with Crippen LogP contribution in [-0.4, -0.2) is 66.6 Å². The third-order valence-corrected chi connectivity index (χ3v) is 12.6. The van der Waals surface area contributed by atoms with Gasteiger partial charge in [-0.15, -0.1) is 8.67 Å². The molecule has 268 valence electrons. The molecule has 6 aliphatic carbocycles. The maximum absolute atomic E-state index is 14.5. The molecule has 0 saturated heterocycles. The molecule has 9 aliphatic rings. The van der Waals surface area contributed by atoms with Gasteiger partial charge in [-0.3, -0.25) is 38.2 Å². The molecule has 3 atom stereocenters. The smallest absolute Gasteiger partial charge is 0.264 e. The first-order valence-corrected chi connectivity index (χ1v) is 18.2. The van der Waals surface area contributed by atoms with Crippen molar-refractivity contribution in [1.29, 1.82) is 0 Å². The van der Waals surface area contributed by atoms with Gasteiger partial charge in [0.05, 0.1) is 47.1 Å². The van der Waals surface area contributed by atoms with Gasteiger partial charge in [0.15, 0.2) is 23.1 Å². The van der Waals surface area contributed by atoms with Gasteiger partial charge in [0, 0.05) is 69.7 Å². The number of carbonyl (C=O) groups excluding carboxylic acids is 5. The van der Waals surface area contributed by atoms with E-state index in [4.69, 9.17) is 20.5 Å². The number of pyridine rings is 1. The van der Waals surface area contributed by atoms with Crippen molar-refractivity contribution < 1.29 is 53.2 Å². The Morgan fingerprint density at radius 2 is 1.43 bits per heavy atom. The molecule has 16 nitrogen and oxygen atoms in total. The molecule has 1 aromatic carbocycles. The van der Waals surface area contributed by atoms with Gasteiger partial charge in [-0.05, 0) is 52.1 Å². The summed E-state index contributed by atoms with van der Waals surface area (Å²) in [6.45, 7) is 0. The molecule has 0 bridgehead atoms. The van der Waals surface area contributed by atoms with Crippen molar-refractivity contribution in [3.05, 3.63) is 101 Å². The van der Waals surface area contributed by atoms with E-state index in [0.717, 1.165) is 12.0 Å². The summed E-state index contributed by atoms with van der Waals surface area (Å²) in [4.78, 5) is 98.2. The van der Waals surface area contributed by atoms with Crippen LogP contribution in [0.3, 0.4) is 0 Å². The Bertz CT molecular complexity index is 2660. The highest BCUT2D eigenvalue weighted by atomic mass is 32.2. The number of nitrogens with zero attached hydrogens (tertiary/aromatic N) is 4. The molecule has 1 amide bonds. The van der Waals surface area contributed by atoms with Crippen molar-refractivity contribution in [3.63, 3.8) is 0 Å². The Morgan fingerprint density at radius 3 is 2.24 bits per heavy atom. The Balaban J connectivity index is 1.13. The number of ketones is 4. The largest absolute Gasteiger partial charge is 0.298 e. The summed E-state index contributed by atoms with van der Waals surface area (Å²) in [7, 11) is 0. The van der Waals surface area contributed by atoms with Crippen LogP contribution in [0.25, 0.3) is 16.7 Å². The van der Waals surface area contributed by atoms with E-state index in [1.807, 2.05) is 0 Å². The summed E-state index contributed by atoms with van der Waals surface area (Å²) in [5.41, 5.74) is 3.34. The lowest BCUT2D eigenvalue weighted by Crippen LogP contribution is -2.53. The quantitative estimate of drug-likeness (QED) is 0.184. The number of amidine groups is 1. The SMILES string of the molecule is O=C1CC2=C3c4c(c5c6c(c41)C(=O)Cc1c-6c(c(=O)n4c1N=C1C=CC(SOOO)=CC14)C(=O)C5)CC(=O)C3C(=O)N1C2=NC2=CCC(SOOO)=CC21. The van der Waals surface area contributed by atoms with Gasteiger partial charge < -0.3 is 0 Å². The van der Waals surface area contributed by atoms with Crippen LogP contribution in [-0.2, 0) is 47.6 Å². The van der Waals surface area contributed by atoms with Crippen molar-refractivity contribution in [2.45, 2.75) is 44.2 Å². The van der Waals surface area contributed by atoms with Gasteiger partial charge in [0.1, 0.15) is 23.6 Å². The standard InChI is InChI=1S/C36H20N4O12S2/c41-21-9-15-27-25-13(7-23(43)31(27)35(45)39-19-5-11(53-51-49-47)1-3-17(19)37-33(15)39)14-8-24(44)32-28-16(10-22(42)30(26(14)28)29(21)25)34-38-18-4-2-12(54-52-50-48)6-20(18)40(34)36(32)46/h1,3-6,19-20,32,47-48H,2,7-10H2. The first-order valence-electron chi connectivity index (χ1n) is 16.7. The maximum atomic E-state index is 14.5.